The minimum Gasteiger partial charge on any atom is -0.479 e. The fourth-order valence-electron chi connectivity index (χ4n) is 4.65. The van der Waals surface area contributed by atoms with E-state index < -0.39 is 17.7 Å². The molecule has 3 N–H and O–H groups in total. The van der Waals surface area contributed by atoms with Crippen LogP contribution in [0.15, 0.2) is 48.5 Å². The van der Waals surface area contributed by atoms with Gasteiger partial charge < -0.3 is 25.2 Å². The van der Waals surface area contributed by atoms with Gasteiger partial charge in [0.25, 0.3) is 0 Å². The highest BCUT2D eigenvalue weighted by atomic mass is 16.5. The predicted molar refractivity (Wildman–Crippen MR) is 125 cm³/mol. The number of nitrogens with zero attached hydrogens (tertiary/aromatic N) is 1. The third-order valence-corrected chi connectivity index (χ3v) is 6.59. The monoisotopic (exact) mass is 466 g/mol. The molecule has 0 spiro atoms. The number of hydrogen-bond donors (Lipinski definition) is 3. The van der Waals surface area contributed by atoms with E-state index in [1.165, 1.54) is 27.2 Å². The van der Waals surface area contributed by atoms with E-state index in [2.05, 4.69) is 29.6 Å². The van der Waals surface area contributed by atoms with Crippen LogP contribution in [0.3, 0.4) is 0 Å². The van der Waals surface area contributed by atoms with Crippen LogP contribution in [-0.4, -0.2) is 64.9 Å². The van der Waals surface area contributed by atoms with Crippen LogP contribution in [0.5, 0.6) is 0 Å². The van der Waals surface area contributed by atoms with E-state index in [9.17, 15) is 19.5 Å². The van der Waals surface area contributed by atoms with Crippen molar-refractivity contribution in [3.8, 4) is 11.1 Å². The minimum absolute atomic E-state index is 0.0357. The van der Waals surface area contributed by atoms with E-state index in [-0.39, 0.29) is 31.5 Å². The minimum atomic E-state index is -1.79. The number of benzene rings is 2. The molecular weight excluding hydrogens is 436 g/mol. The molecule has 2 aliphatic rings. The van der Waals surface area contributed by atoms with Gasteiger partial charge in [-0.2, -0.15) is 0 Å². The molecular formula is C26H30N2O6. The van der Waals surface area contributed by atoms with Crippen molar-refractivity contribution in [2.75, 3.05) is 26.2 Å². The number of carboxylic acids is 1. The van der Waals surface area contributed by atoms with Gasteiger partial charge >= 0.3 is 12.1 Å². The fraction of sp³-hybridized carbons (Fsp3) is 0.423. The number of aliphatic hydroxyl groups is 1. The molecule has 0 bridgehead atoms. The average molecular weight is 467 g/mol. The number of carbonyl (C=O) groups excluding carboxylic acids is 2. The number of carbonyl (C=O) groups is 3. The SMILES string of the molecule is O=C(NCCCCCCC(=O)N1CC(O)(C(=O)O)C1)OCC1c2ccccc2-c2ccccc21. The zero-order valence-electron chi connectivity index (χ0n) is 19.0. The number of nitrogens with one attached hydrogen (secondary N) is 1. The number of likely N-dealkylation sites (tertiary alicyclic amines) is 1. The summed E-state index contributed by atoms with van der Waals surface area (Å²) >= 11 is 0. The van der Waals surface area contributed by atoms with E-state index in [4.69, 9.17) is 9.84 Å². The molecule has 2 aromatic carbocycles. The highest BCUT2D eigenvalue weighted by Gasteiger charge is 2.49. The molecule has 1 aliphatic heterocycles. The number of rotatable bonds is 10. The van der Waals surface area contributed by atoms with Crippen molar-refractivity contribution in [1.29, 1.82) is 0 Å². The molecule has 0 radical (unpaired) electrons. The average Bonchev–Trinajstić information content (AvgIpc) is 3.13. The Balaban J connectivity index is 1.09. The number of β-amino-alcohol motifs (C(OH)–C–C–N with tert-alkyl or cyclic N) is 1. The molecule has 180 valence electrons. The van der Waals surface area contributed by atoms with Gasteiger partial charge in [-0.15, -0.1) is 0 Å². The molecule has 2 aromatic rings. The summed E-state index contributed by atoms with van der Waals surface area (Å²) in [6.45, 7) is 0.494. The van der Waals surface area contributed by atoms with E-state index in [0.29, 0.717) is 19.4 Å². The van der Waals surface area contributed by atoms with Crippen LogP contribution in [0.1, 0.15) is 49.1 Å². The summed E-state index contributed by atoms with van der Waals surface area (Å²) in [6, 6.07) is 16.4. The second-order valence-electron chi connectivity index (χ2n) is 9.00. The number of alkyl carbamates (subject to hydrolysis) is 1. The Hall–Kier alpha value is -3.39. The normalized spacial score (nSPS) is 15.7. The van der Waals surface area contributed by atoms with Crippen LogP contribution in [0.2, 0.25) is 0 Å². The molecule has 1 fully saturated rings. The number of unbranched alkanes of at least 4 members (excludes halogenated alkanes) is 3. The molecule has 2 amide bonds. The lowest BCUT2D eigenvalue weighted by atomic mass is 9.94. The van der Waals surface area contributed by atoms with Gasteiger partial charge in [-0.05, 0) is 35.1 Å². The maximum atomic E-state index is 12.2. The first-order chi connectivity index (χ1) is 16.4. The Morgan fingerprint density at radius 2 is 1.53 bits per heavy atom. The first-order valence-corrected chi connectivity index (χ1v) is 11.7. The van der Waals surface area contributed by atoms with Crippen LogP contribution < -0.4 is 5.32 Å². The van der Waals surface area contributed by atoms with Gasteiger partial charge in [0.15, 0.2) is 5.60 Å². The first kappa shape index (κ1) is 23.8. The van der Waals surface area contributed by atoms with Crippen LogP contribution in [0, 0.1) is 0 Å². The number of fused-ring (bicyclic) bond motifs is 3. The van der Waals surface area contributed by atoms with E-state index >= 15 is 0 Å². The molecule has 1 heterocycles. The first-order valence-electron chi connectivity index (χ1n) is 11.7. The van der Waals surface area contributed by atoms with Gasteiger partial charge in [-0.3, -0.25) is 4.79 Å². The quantitative estimate of drug-likeness (QED) is 0.463. The van der Waals surface area contributed by atoms with Gasteiger partial charge in [-0.25, -0.2) is 9.59 Å². The largest absolute Gasteiger partial charge is 0.479 e. The van der Waals surface area contributed by atoms with E-state index in [1.54, 1.807) is 0 Å². The van der Waals surface area contributed by atoms with Gasteiger partial charge in [0.05, 0.1) is 13.1 Å². The molecule has 8 nitrogen and oxygen atoms in total. The molecule has 8 heteroatoms. The van der Waals surface area contributed by atoms with Crippen LogP contribution in [-0.2, 0) is 14.3 Å². The van der Waals surface area contributed by atoms with Crippen molar-refractivity contribution in [2.45, 2.75) is 43.6 Å². The van der Waals surface area contributed by atoms with Gasteiger partial charge in [0, 0.05) is 18.9 Å². The van der Waals surface area contributed by atoms with Gasteiger partial charge in [-0.1, -0.05) is 61.4 Å². The highest BCUT2D eigenvalue weighted by Crippen LogP contribution is 2.44. The second kappa shape index (κ2) is 10.3. The third-order valence-electron chi connectivity index (χ3n) is 6.59. The zero-order valence-corrected chi connectivity index (χ0v) is 19.0. The summed E-state index contributed by atoms with van der Waals surface area (Å²) in [5.41, 5.74) is 2.95. The molecule has 4 rings (SSSR count). The summed E-state index contributed by atoms with van der Waals surface area (Å²) in [4.78, 5) is 36.4. The lowest BCUT2D eigenvalue weighted by Gasteiger charge is -2.43. The Morgan fingerprint density at radius 1 is 0.941 bits per heavy atom. The summed E-state index contributed by atoms with van der Waals surface area (Å²) in [5.74, 6) is -1.39. The summed E-state index contributed by atoms with van der Waals surface area (Å²) in [7, 11) is 0. The summed E-state index contributed by atoms with van der Waals surface area (Å²) in [5, 5.41) is 21.3. The molecule has 1 saturated heterocycles. The number of aliphatic carboxylic acids is 1. The molecule has 34 heavy (non-hydrogen) atoms. The van der Waals surface area contributed by atoms with Crippen molar-refractivity contribution in [3.05, 3.63) is 59.7 Å². The Bertz CT molecular complexity index is 1020. The number of hydrogen-bond acceptors (Lipinski definition) is 5. The molecule has 0 aromatic heterocycles. The highest BCUT2D eigenvalue weighted by molar-refractivity contribution is 5.85. The molecule has 1 aliphatic carbocycles. The van der Waals surface area contributed by atoms with Crippen LogP contribution in [0.25, 0.3) is 11.1 Å². The lowest BCUT2D eigenvalue weighted by Crippen LogP contribution is -2.67. The van der Waals surface area contributed by atoms with Crippen molar-refractivity contribution in [1.82, 2.24) is 10.2 Å². The molecule has 0 unspecified atom stereocenters. The second-order valence-corrected chi connectivity index (χ2v) is 9.00. The zero-order chi connectivity index (χ0) is 24.1. The van der Waals surface area contributed by atoms with Gasteiger partial charge in [0.2, 0.25) is 5.91 Å². The maximum Gasteiger partial charge on any atom is 0.407 e. The van der Waals surface area contributed by atoms with Crippen molar-refractivity contribution >= 4 is 18.0 Å². The summed E-state index contributed by atoms with van der Waals surface area (Å²) < 4.78 is 5.52. The van der Waals surface area contributed by atoms with Crippen LogP contribution in [0.4, 0.5) is 4.79 Å². The van der Waals surface area contributed by atoms with Crippen molar-refractivity contribution < 1.29 is 29.3 Å². The molecule has 0 saturated carbocycles. The van der Waals surface area contributed by atoms with Crippen molar-refractivity contribution in [3.63, 3.8) is 0 Å². The topological polar surface area (TPSA) is 116 Å². The lowest BCUT2D eigenvalue weighted by molar-refractivity contribution is -0.182. The third kappa shape index (κ3) is 5.07. The van der Waals surface area contributed by atoms with Crippen LogP contribution >= 0.6 is 0 Å². The van der Waals surface area contributed by atoms with E-state index in [0.717, 1.165) is 19.3 Å². The Kier molecular flexibility index (Phi) is 7.17. The Morgan fingerprint density at radius 3 is 2.15 bits per heavy atom. The predicted octanol–water partition coefficient (Wildman–Crippen LogP) is 3.13. The standard InChI is InChI=1S/C26H30N2O6/c29-23(28-16-26(33,17-28)24(30)31)13-3-1-2-8-14-27-25(32)34-15-22-20-11-6-4-9-18(20)19-10-5-7-12-21(19)22/h4-7,9-12,22,33H,1-3,8,13-17H2,(H,27,32)(H,30,31). The summed E-state index contributed by atoms with van der Waals surface area (Å²) in [6.07, 6.45) is 3.05. The number of ether oxygens (including phenoxy) is 1. The van der Waals surface area contributed by atoms with E-state index in [1.807, 2.05) is 24.3 Å². The smallest absolute Gasteiger partial charge is 0.407 e. The fourth-order valence-corrected chi connectivity index (χ4v) is 4.65. The van der Waals surface area contributed by atoms with Gasteiger partial charge in [0.1, 0.15) is 6.61 Å². The Labute approximate surface area is 198 Å². The number of carboxylic acid groups (broad SMARTS) is 1. The maximum absolute atomic E-state index is 12.2. The number of amides is 2. The van der Waals surface area contributed by atoms with Crippen molar-refractivity contribution in [2.24, 2.45) is 0 Å². The molecule has 0 atom stereocenters.